The fourth-order valence-corrected chi connectivity index (χ4v) is 3.45. The van der Waals surface area contributed by atoms with Crippen molar-refractivity contribution in [2.75, 3.05) is 44.0 Å². The molecule has 0 aromatic heterocycles. The zero-order valence-corrected chi connectivity index (χ0v) is 16.1. The van der Waals surface area contributed by atoms with Gasteiger partial charge in [0.1, 0.15) is 0 Å². The van der Waals surface area contributed by atoms with Crippen molar-refractivity contribution in [2.24, 2.45) is 0 Å². The molecular weight excluding hydrogens is 322 g/mol. The van der Waals surface area contributed by atoms with E-state index in [1.165, 1.54) is 24.9 Å². The van der Waals surface area contributed by atoms with Gasteiger partial charge in [0, 0.05) is 57.7 Å². The van der Waals surface area contributed by atoms with E-state index in [4.69, 9.17) is 0 Å². The number of carbonyl (C=O) groups is 1. The number of anilines is 2. The lowest BCUT2D eigenvalue weighted by atomic mass is 10.1. The SMILES string of the molecule is CN(Cc1ccc(N2CCCCC2)cc1)C(=O)c1cccc(N(C)C)c1. The Balaban J connectivity index is 1.64. The average molecular weight is 351 g/mol. The van der Waals surface area contributed by atoms with Crippen molar-refractivity contribution in [2.45, 2.75) is 25.8 Å². The fourth-order valence-electron chi connectivity index (χ4n) is 3.45. The number of rotatable bonds is 5. The van der Waals surface area contributed by atoms with Crippen molar-refractivity contribution < 1.29 is 4.79 Å². The lowest BCUT2D eigenvalue weighted by molar-refractivity contribution is 0.0785. The Labute approximate surface area is 157 Å². The Hall–Kier alpha value is -2.49. The van der Waals surface area contributed by atoms with Gasteiger partial charge in [-0.3, -0.25) is 4.79 Å². The van der Waals surface area contributed by atoms with E-state index in [1.54, 1.807) is 4.90 Å². The van der Waals surface area contributed by atoms with Crippen LogP contribution >= 0.6 is 0 Å². The van der Waals surface area contributed by atoms with E-state index in [1.807, 2.05) is 50.3 Å². The van der Waals surface area contributed by atoms with Gasteiger partial charge in [0.2, 0.25) is 0 Å². The van der Waals surface area contributed by atoms with Crippen molar-refractivity contribution in [1.82, 2.24) is 4.90 Å². The minimum atomic E-state index is 0.0498. The second kappa shape index (κ2) is 8.26. The summed E-state index contributed by atoms with van der Waals surface area (Å²) in [6, 6.07) is 16.4. The van der Waals surface area contributed by atoms with Crippen LogP contribution in [0.1, 0.15) is 35.2 Å². The molecule has 0 saturated carbocycles. The molecule has 1 amide bonds. The predicted molar refractivity (Wildman–Crippen MR) is 109 cm³/mol. The molecule has 0 N–H and O–H groups in total. The Morgan fingerprint density at radius 3 is 2.31 bits per heavy atom. The summed E-state index contributed by atoms with van der Waals surface area (Å²) in [4.78, 5) is 19.0. The second-order valence-corrected chi connectivity index (χ2v) is 7.32. The summed E-state index contributed by atoms with van der Waals surface area (Å²) in [7, 11) is 5.83. The lowest BCUT2D eigenvalue weighted by Gasteiger charge is -2.29. The molecule has 0 spiro atoms. The molecule has 1 aliphatic rings. The van der Waals surface area contributed by atoms with Crippen LogP contribution in [0.4, 0.5) is 11.4 Å². The van der Waals surface area contributed by atoms with Crippen LogP contribution in [0.3, 0.4) is 0 Å². The zero-order valence-electron chi connectivity index (χ0n) is 16.1. The van der Waals surface area contributed by atoms with E-state index in [9.17, 15) is 4.79 Å². The molecule has 0 radical (unpaired) electrons. The molecule has 0 bridgehead atoms. The van der Waals surface area contributed by atoms with E-state index < -0.39 is 0 Å². The molecule has 4 nitrogen and oxygen atoms in total. The van der Waals surface area contributed by atoms with Crippen LogP contribution in [0.2, 0.25) is 0 Å². The van der Waals surface area contributed by atoms with Crippen molar-refractivity contribution in [1.29, 1.82) is 0 Å². The summed E-state index contributed by atoms with van der Waals surface area (Å²) in [5.41, 5.74) is 4.21. The van der Waals surface area contributed by atoms with E-state index >= 15 is 0 Å². The quantitative estimate of drug-likeness (QED) is 0.814. The third-order valence-electron chi connectivity index (χ3n) is 5.03. The van der Waals surface area contributed by atoms with Crippen LogP contribution < -0.4 is 9.80 Å². The topological polar surface area (TPSA) is 26.8 Å². The van der Waals surface area contributed by atoms with E-state index in [0.29, 0.717) is 6.54 Å². The van der Waals surface area contributed by atoms with Crippen molar-refractivity contribution >= 4 is 17.3 Å². The Kier molecular flexibility index (Phi) is 5.82. The van der Waals surface area contributed by atoms with Crippen molar-refractivity contribution in [3.8, 4) is 0 Å². The monoisotopic (exact) mass is 351 g/mol. The molecule has 0 unspecified atom stereocenters. The van der Waals surface area contributed by atoms with E-state index in [-0.39, 0.29) is 5.91 Å². The normalized spacial score (nSPS) is 14.2. The second-order valence-electron chi connectivity index (χ2n) is 7.32. The van der Waals surface area contributed by atoms with Crippen LogP contribution in [0.15, 0.2) is 48.5 Å². The molecule has 2 aromatic carbocycles. The highest BCUT2D eigenvalue weighted by Gasteiger charge is 2.14. The first-order valence-electron chi connectivity index (χ1n) is 9.41. The highest BCUT2D eigenvalue weighted by Crippen LogP contribution is 2.21. The van der Waals surface area contributed by atoms with Gasteiger partial charge in [-0.25, -0.2) is 0 Å². The van der Waals surface area contributed by atoms with Gasteiger partial charge in [-0.15, -0.1) is 0 Å². The fraction of sp³-hybridized carbons (Fsp3) is 0.409. The van der Waals surface area contributed by atoms with E-state index in [2.05, 4.69) is 29.2 Å². The van der Waals surface area contributed by atoms with Gasteiger partial charge in [-0.1, -0.05) is 18.2 Å². The first-order chi connectivity index (χ1) is 12.5. The number of amides is 1. The molecule has 0 aliphatic carbocycles. The molecule has 2 aromatic rings. The summed E-state index contributed by atoms with van der Waals surface area (Å²) in [6.45, 7) is 2.92. The van der Waals surface area contributed by atoms with Gasteiger partial charge >= 0.3 is 0 Å². The molecular formula is C22H29N3O. The smallest absolute Gasteiger partial charge is 0.253 e. The van der Waals surface area contributed by atoms with Gasteiger partial charge in [0.05, 0.1) is 0 Å². The number of benzene rings is 2. The Morgan fingerprint density at radius 2 is 1.65 bits per heavy atom. The third kappa shape index (κ3) is 4.37. The van der Waals surface area contributed by atoms with Gasteiger partial charge in [0.15, 0.2) is 0 Å². The first kappa shape index (κ1) is 18.3. The predicted octanol–water partition coefficient (Wildman–Crippen LogP) is 4.02. The summed E-state index contributed by atoms with van der Waals surface area (Å²) < 4.78 is 0. The maximum Gasteiger partial charge on any atom is 0.253 e. The summed E-state index contributed by atoms with van der Waals surface area (Å²) in [5, 5.41) is 0. The number of piperidine rings is 1. The minimum absolute atomic E-state index is 0.0498. The number of carbonyl (C=O) groups excluding carboxylic acids is 1. The molecule has 138 valence electrons. The molecule has 26 heavy (non-hydrogen) atoms. The summed E-state index contributed by atoms with van der Waals surface area (Å²) in [6.07, 6.45) is 3.91. The van der Waals surface area contributed by atoms with Crippen LogP contribution in [0, 0.1) is 0 Å². The lowest BCUT2D eigenvalue weighted by Crippen LogP contribution is -2.29. The molecule has 3 rings (SSSR count). The summed E-state index contributed by atoms with van der Waals surface area (Å²) in [5.74, 6) is 0.0498. The van der Waals surface area contributed by atoms with Gasteiger partial charge < -0.3 is 14.7 Å². The number of nitrogens with zero attached hydrogens (tertiary/aromatic N) is 3. The average Bonchev–Trinajstić information content (AvgIpc) is 2.68. The highest BCUT2D eigenvalue weighted by molar-refractivity contribution is 5.95. The largest absolute Gasteiger partial charge is 0.378 e. The molecule has 4 heteroatoms. The maximum atomic E-state index is 12.7. The molecule has 1 saturated heterocycles. The van der Waals surface area contributed by atoms with E-state index in [0.717, 1.165) is 29.9 Å². The Bertz CT molecular complexity index is 733. The third-order valence-corrected chi connectivity index (χ3v) is 5.03. The number of hydrogen-bond donors (Lipinski definition) is 0. The van der Waals surface area contributed by atoms with Gasteiger partial charge in [-0.2, -0.15) is 0 Å². The van der Waals surface area contributed by atoms with Crippen molar-refractivity contribution in [3.05, 3.63) is 59.7 Å². The minimum Gasteiger partial charge on any atom is -0.378 e. The first-order valence-corrected chi connectivity index (χ1v) is 9.41. The molecule has 1 heterocycles. The van der Waals surface area contributed by atoms with Gasteiger partial charge in [0.25, 0.3) is 5.91 Å². The molecule has 1 aliphatic heterocycles. The Morgan fingerprint density at radius 1 is 0.962 bits per heavy atom. The van der Waals surface area contributed by atoms with Crippen LogP contribution in [-0.2, 0) is 6.54 Å². The van der Waals surface area contributed by atoms with Crippen LogP contribution in [0.25, 0.3) is 0 Å². The molecule has 0 atom stereocenters. The standard InChI is InChI=1S/C22H29N3O/c1-23(2)21-9-7-8-19(16-21)22(26)24(3)17-18-10-12-20(13-11-18)25-14-5-4-6-15-25/h7-13,16H,4-6,14-15,17H2,1-3H3. The molecule has 1 fully saturated rings. The number of hydrogen-bond acceptors (Lipinski definition) is 3. The maximum absolute atomic E-state index is 12.7. The van der Waals surface area contributed by atoms with Crippen LogP contribution in [0.5, 0.6) is 0 Å². The van der Waals surface area contributed by atoms with Crippen LogP contribution in [-0.4, -0.2) is 45.0 Å². The zero-order chi connectivity index (χ0) is 18.5. The van der Waals surface area contributed by atoms with Gasteiger partial charge in [-0.05, 0) is 55.2 Å². The highest BCUT2D eigenvalue weighted by atomic mass is 16.2. The van der Waals surface area contributed by atoms with Crippen molar-refractivity contribution in [3.63, 3.8) is 0 Å². The summed E-state index contributed by atoms with van der Waals surface area (Å²) >= 11 is 0.